The van der Waals surface area contributed by atoms with Crippen molar-refractivity contribution in [2.75, 3.05) is 7.11 Å². The Kier molecular flexibility index (Phi) is 6.64. The summed E-state index contributed by atoms with van der Waals surface area (Å²) in [7, 11) is 1.31. The van der Waals surface area contributed by atoms with E-state index in [0.29, 0.717) is 57.1 Å². The Morgan fingerprint density at radius 1 is 0.944 bits per heavy atom. The summed E-state index contributed by atoms with van der Waals surface area (Å²) >= 11 is 1.30. The van der Waals surface area contributed by atoms with Gasteiger partial charge in [0.1, 0.15) is 5.82 Å². The van der Waals surface area contributed by atoms with Crippen LogP contribution in [0.25, 0.3) is 21.8 Å². The Labute approximate surface area is 210 Å². The number of aromatic amines is 1. The minimum atomic E-state index is -0.501. The second-order valence-corrected chi connectivity index (χ2v) is 9.07. The molecule has 3 aromatic carbocycles. The Balaban J connectivity index is 1.54. The van der Waals surface area contributed by atoms with Crippen LogP contribution >= 0.6 is 11.8 Å². The molecule has 0 fully saturated rings. The standard InChI is InChI=1S/C27H22N4O4S/c1-35-26(34)18-11-12-20-22(15-18)29-27(31(25(20)33)14-13-17-7-3-2-4-8-17)36-16-23-28-21-10-6-5-9-19(21)24(32)30-23/h2-12,15H,13-14,16H2,1H3,(H,28,30,32). The molecular weight excluding hydrogens is 476 g/mol. The summed E-state index contributed by atoms with van der Waals surface area (Å²) in [5.74, 6) is 0.287. The van der Waals surface area contributed by atoms with Crippen LogP contribution < -0.4 is 11.1 Å². The lowest BCUT2D eigenvalue weighted by Crippen LogP contribution is -2.24. The number of H-pyrrole nitrogens is 1. The number of nitrogens with one attached hydrogen (secondary N) is 1. The van der Waals surface area contributed by atoms with Crippen molar-refractivity contribution in [2.24, 2.45) is 0 Å². The van der Waals surface area contributed by atoms with E-state index in [9.17, 15) is 14.4 Å². The number of rotatable bonds is 7. The first-order chi connectivity index (χ1) is 17.5. The number of hydrogen-bond donors (Lipinski definition) is 1. The number of carbonyl (C=O) groups is 1. The molecule has 2 heterocycles. The zero-order chi connectivity index (χ0) is 25.1. The van der Waals surface area contributed by atoms with Gasteiger partial charge in [-0.3, -0.25) is 14.2 Å². The van der Waals surface area contributed by atoms with E-state index in [1.54, 1.807) is 41.0 Å². The summed E-state index contributed by atoms with van der Waals surface area (Å²) in [6, 6.07) is 21.8. The zero-order valence-corrected chi connectivity index (χ0v) is 20.2. The summed E-state index contributed by atoms with van der Waals surface area (Å²) in [5, 5.41) is 1.41. The van der Waals surface area contributed by atoms with Crippen LogP contribution in [-0.2, 0) is 23.5 Å². The summed E-state index contributed by atoms with van der Waals surface area (Å²) < 4.78 is 6.45. The van der Waals surface area contributed by atoms with Crippen molar-refractivity contribution in [1.82, 2.24) is 19.5 Å². The van der Waals surface area contributed by atoms with Crippen molar-refractivity contribution < 1.29 is 9.53 Å². The number of thioether (sulfide) groups is 1. The van der Waals surface area contributed by atoms with Gasteiger partial charge in [0.15, 0.2) is 5.16 Å². The van der Waals surface area contributed by atoms with Gasteiger partial charge in [-0.15, -0.1) is 0 Å². The van der Waals surface area contributed by atoms with Gasteiger partial charge in [0.05, 0.1) is 40.2 Å². The Morgan fingerprint density at radius 3 is 2.53 bits per heavy atom. The van der Waals surface area contributed by atoms with Gasteiger partial charge in [0, 0.05) is 6.54 Å². The van der Waals surface area contributed by atoms with Crippen LogP contribution in [0.4, 0.5) is 0 Å². The number of benzene rings is 3. The van der Waals surface area contributed by atoms with E-state index in [1.807, 2.05) is 36.4 Å². The topological polar surface area (TPSA) is 107 Å². The van der Waals surface area contributed by atoms with E-state index in [2.05, 4.69) is 9.97 Å². The average Bonchev–Trinajstić information content (AvgIpc) is 2.91. The zero-order valence-electron chi connectivity index (χ0n) is 19.4. The van der Waals surface area contributed by atoms with E-state index >= 15 is 0 Å². The molecule has 2 aromatic heterocycles. The molecule has 0 aliphatic heterocycles. The molecular formula is C27H22N4O4S. The molecule has 0 atom stereocenters. The van der Waals surface area contributed by atoms with Crippen molar-refractivity contribution >= 4 is 39.5 Å². The number of fused-ring (bicyclic) bond motifs is 2. The molecule has 0 unspecified atom stereocenters. The number of methoxy groups -OCH3 is 1. The summed E-state index contributed by atoms with van der Waals surface area (Å²) in [5.41, 5.74) is 2.01. The molecule has 9 heteroatoms. The van der Waals surface area contributed by atoms with Gasteiger partial charge in [-0.25, -0.2) is 14.8 Å². The van der Waals surface area contributed by atoms with Gasteiger partial charge < -0.3 is 9.72 Å². The molecule has 0 saturated carbocycles. The predicted octanol–water partition coefficient (Wildman–Crippen LogP) is 3.95. The molecule has 0 bridgehead atoms. The van der Waals surface area contributed by atoms with Gasteiger partial charge in [0.25, 0.3) is 11.1 Å². The van der Waals surface area contributed by atoms with E-state index in [4.69, 9.17) is 9.72 Å². The highest BCUT2D eigenvalue weighted by atomic mass is 32.2. The van der Waals surface area contributed by atoms with Crippen LogP contribution in [0.2, 0.25) is 0 Å². The maximum atomic E-state index is 13.5. The minimum absolute atomic E-state index is 0.199. The number of hydrogen-bond acceptors (Lipinski definition) is 7. The highest BCUT2D eigenvalue weighted by Crippen LogP contribution is 2.22. The van der Waals surface area contributed by atoms with Crippen molar-refractivity contribution in [1.29, 1.82) is 0 Å². The fourth-order valence-electron chi connectivity index (χ4n) is 3.97. The maximum absolute atomic E-state index is 13.5. The Bertz CT molecular complexity index is 1700. The molecule has 0 aliphatic carbocycles. The van der Waals surface area contributed by atoms with Gasteiger partial charge >= 0.3 is 5.97 Å². The molecule has 1 N–H and O–H groups in total. The highest BCUT2D eigenvalue weighted by molar-refractivity contribution is 7.98. The fraction of sp³-hybridized carbons (Fsp3) is 0.148. The van der Waals surface area contributed by atoms with Crippen molar-refractivity contribution in [3.8, 4) is 0 Å². The first-order valence-electron chi connectivity index (χ1n) is 11.3. The monoisotopic (exact) mass is 498 g/mol. The second-order valence-electron chi connectivity index (χ2n) is 8.13. The van der Waals surface area contributed by atoms with Crippen molar-refractivity contribution in [3.05, 3.63) is 110 Å². The molecule has 0 spiro atoms. The van der Waals surface area contributed by atoms with E-state index in [-0.39, 0.29) is 11.1 Å². The molecule has 0 amide bonds. The number of esters is 1. The Hall–Kier alpha value is -4.24. The number of carbonyl (C=O) groups excluding carboxylic acids is 1. The quantitative estimate of drug-likeness (QED) is 0.206. The first kappa shape index (κ1) is 23.5. The van der Waals surface area contributed by atoms with Crippen LogP contribution in [0.3, 0.4) is 0 Å². The molecule has 5 rings (SSSR count). The van der Waals surface area contributed by atoms with Gasteiger partial charge in [-0.05, 0) is 42.3 Å². The second kappa shape index (κ2) is 10.2. The summed E-state index contributed by atoms with van der Waals surface area (Å²) in [4.78, 5) is 50.1. The number of aryl methyl sites for hydroxylation is 1. The summed E-state index contributed by atoms with van der Waals surface area (Å²) in [6.07, 6.45) is 0.646. The number of nitrogens with zero attached hydrogens (tertiary/aromatic N) is 3. The van der Waals surface area contributed by atoms with Crippen molar-refractivity contribution in [2.45, 2.75) is 23.9 Å². The predicted molar refractivity (Wildman–Crippen MR) is 139 cm³/mol. The largest absolute Gasteiger partial charge is 0.465 e. The molecule has 8 nitrogen and oxygen atoms in total. The SMILES string of the molecule is COC(=O)c1ccc2c(=O)n(CCc3ccccc3)c(SCc3nc4ccccc4c(=O)[nH]3)nc2c1. The van der Waals surface area contributed by atoms with E-state index in [0.717, 1.165) is 5.56 Å². The smallest absolute Gasteiger partial charge is 0.337 e. The lowest BCUT2D eigenvalue weighted by Gasteiger charge is -2.14. The normalized spacial score (nSPS) is 11.1. The third-order valence-electron chi connectivity index (χ3n) is 5.81. The van der Waals surface area contributed by atoms with Crippen molar-refractivity contribution in [3.63, 3.8) is 0 Å². The highest BCUT2D eigenvalue weighted by Gasteiger charge is 2.15. The average molecular weight is 499 g/mol. The van der Waals surface area contributed by atoms with Crippen LogP contribution in [0.15, 0.2) is 87.5 Å². The van der Waals surface area contributed by atoms with Crippen LogP contribution in [0.1, 0.15) is 21.7 Å². The molecule has 0 saturated heterocycles. The number of aromatic nitrogens is 4. The molecule has 5 aromatic rings. The van der Waals surface area contributed by atoms with Gasteiger partial charge in [0.2, 0.25) is 0 Å². The molecule has 0 radical (unpaired) electrons. The van der Waals surface area contributed by atoms with E-state index < -0.39 is 5.97 Å². The van der Waals surface area contributed by atoms with Gasteiger partial charge in [-0.1, -0.05) is 54.2 Å². The van der Waals surface area contributed by atoms with Crippen LogP contribution in [0.5, 0.6) is 0 Å². The van der Waals surface area contributed by atoms with Crippen LogP contribution in [-0.4, -0.2) is 32.6 Å². The third kappa shape index (κ3) is 4.78. The van der Waals surface area contributed by atoms with Crippen LogP contribution in [0, 0.1) is 0 Å². The number of para-hydroxylation sites is 1. The first-order valence-corrected chi connectivity index (χ1v) is 12.3. The maximum Gasteiger partial charge on any atom is 0.337 e. The minimum Gasteiger partial charge on any atom is -0.465 e. The molecule has 180 valence electrons. The lowest BCUT2D eigenvalue weighted by molar-refractivity contribution is 0.0601. The lowest BCUT2D eigenvalue weighted by atomic mass is 10.1. The third-order valence-corrected chi connectivity index (χ3v) is 6.80. The van der Waals surface area contributed by atoms with E-state index in [1.165, 1.54) is 18.9 Å². The Morgan fingerprint density at radius 2 is 1.72 bits per heavy atom. The molecule has 0 aliphatic rings. The van der Waals surface area contributed by atoms with Gasteiger partial charge in [-0.2, -0.15) is 0 Å². The number of ether oxygens (including phenoxy) is 1. The summed E-state index contributed by atoms with van der Waals surface area (Å²) in [6.45, 7) is 0.425. The molecule has 36 heavy (non-hydrogen) atoms. The fourth-order valence-corrected chi connectivity index (χ4v) is 4.87.